The maximum Gasteiger partial charge on any atom is 0.0587 e. The Morgan fingerprint density at radius 1 is 1.19 bits per heavy atom. The maximum atomic E-state index is 4.97. The fraction of sp³-hybridized carbons (Fsp3) is 0.857. The lowest BCUT2D eigenvalue weighted by molar-refractivity contribution is 0.199. The molecule has 0 unspecified atom stereocenters. The van der Waals surface area contributed by atoms with Crippen molar-refractivity contribution in [2.45, 2.75) is 52.4 Å². The first-order valence-corrected chi connectivity index (χ1v) is 6.66. The first-order chi connectivity index (χ1) is 7.81. The smallest absolute Gasteiger partial charge is 0.0587 e. The summed E-state index contributed by atoms with van der Waals surface area (Å²) in [4.78, 5) is 0. The van der Waals surface area contributed by atoms with Crippen LogP contribution >= 0.6 is 0 Å². The topological polar surface area (TPSA) is 21.3 Å². The van der Waals surface area contributed by atoms with Crippen molar-refractivity contribution in [2.24, 2.45) is 0 Å². The number of unbranched alkanes of at least 4 members (excludes halogenated alkanes) is 3. The zero-order valence-corrected chi connectivity index (χ0v) is 11.3. The highest BCUT2D eigenvalue weighted by molar-refractivity contribution is 4.97. The van der Waals surface area contributed by atoms with Crippen LogP contribution in [0.2, 0.25) is 0 Å². The predicted octanol–water partition coefficient (Wildman–Crippen LogP) is 3.53. The Morgan fingerprint density at radius 3 is 2.69 bits per heavy atom. The van der Waals surface area contributed by atoms with E-state index >= 15 is 0 Å². The van der Waals surface area contributed by atoms with Gasteiger partial charge in [0, 0.05) is 13.7 Å². The Balaban J connectivity index is 3.26. The van der Waals surface area contributed by atoms with Crippen LogP contribution in [0.15, 0.2) is 11.6 Å². The normalized spacial score (nSPS) is 12.1. The first-order valence-electron chi connectivity index (χ1n) is 6.66. The molecule has 0 atom stereocenters. The lowest BCUT2D eigenvalue weighted by atomic mass is 10.1. The van der Waals surface area contributed by atoms with Crippen LogP contribution in [0.5, 0.6) is 0 Å². The van der Waals surface area contributed by atoms with Crippen molar-refractivity contribution in [2.75, 3.05) is 26.8 Å². The molecule has 0 bridgehead atoms. The largest absolute Gasteiger partial charge is 0.383 e. The van der Waals surface area contributed by atoms with Gasteiger partial charge in [0.15, 0.2) is 0 Å². The monoisotopic (exact) mass is 227 g/mol. The number of hydrogen-bond acceptors (Lipinski definition) is 2. The second-order valence-electron chi connectivity index (χ2n) is 4.39. The zero-order chi connectivity index (χ0) is 12.1. The van der Waals surface area contributed by atoms with Gasteiger partial charge < -0.3 is 10.1 Å². The number of rotatable bonds is 11. The molecule has 16 heavy (non-hydrogen) atoms. The second-order valence-corrected chi connectivity index (χ2v) is 4.39. The number of ether oxygens (including phenoxy) is 1. The fourth-order valence-corrected chi connectivity index (χ4v) is 1.65. The lowest BCUT2D eigenvalue weighted by Crippen LogP contribution is -2.19. The van der Waals surface area contributed by atoms with Gasteiger partial charge in [-0.15, -0.1) is 0 Å². The molecule has 0 aliphatic rings. The van der Waals surface area contributed by atoms with E-state index in [-0.39, 0.29) is 0 Å². The molecule has 0 fully saturated rings. The highest BCUT2D eigenvalue weighted by Gasteiger charge is 1.91. The van der Waals surface area contributed by atoms with Gasteiger partial charge in [-0.25, -0.2) is 0 Å². The third kappa shape index (κ3) is 11.7. The third-order valence-corrected chi connectivity index (χ3v) is 2.72. The van der Waals surface area contributed by atoms with Crippen LogP contribution in [-0.2, 0) is 4.74 Å². The molecule has 0 amide bonds. The fourth-order valence-electron chi connectivity index (χ4n) is 1.65. The minimum absolute atomic E-state index is 0.805. The SMILES string of the molecule is CCCCCCC(C)=CCCNCCOC. The van der Waals surface area contributed by atoms with Crippen molar-refractivity contribution in [3.05, 3.63) is 11.6 Å². The van der Waals surface area contributed by atoms with Gasteiger partial charge in [0.05, 0.1) is 6.61 Å². The maximum absolute atomic E-state index is 4.97. The Morgan fingerprint density at radius 2 is 2.00 bits per heavy atom. The van der Waals surface area contributed by atoms with E-state index in [4.69, 9.17) is 4.74 Å². The third-order valence-electron chi connectivity index (χ3n) is 2.72. The van der Waals surface area contributed by atoms with Crippen LogP contribution in [0.1, 0.15) is 52.4 Å². The average Bonchev–Trinajstić information content (AvgIpc) is 2.29. The van der Waals surface area contributed by atoms with Crippen LogP contribution < -0.4 is 5.32 Å². The zero-order valence-electron chi connectivity index (χ0n) is 11.3. The molecule has 96 valence electrons. The summed E-state index contributed by atoms with van der Waals surface area (Å²) in [5, 5.41) is 3.35. The number of allylic oxidation sites excluding steroid dienone is 1. The van der Waals surface area contributed by atoms with Crippen LogP contribution in [0.4, 0.5) is 0 Å². The number of hydrogen-bond donors (Lipinski definition) is 1. The molecule has 0 rings (SSSR count). The van der Waals surface area contributed by atoms with Crippen LogP contribution in [0, 0.1) is 0 Å². The van der Waals surface area contributed by atoms with E-state index in [1.54, 1.807) is 12.7 Å². The van der Waals surface area contributed by atoms with Gasteiger partial charge in [0.1, 0.15) is 0 Å². The van der Waals surface area contributed by atoms with E-state index in [2.05, 4.69) is 25.2 Å². The lowest BCUT2D eigenvalue weighted by Gasteiger charge is -2.03. The molecule has 0 saturated heterocycles. The summed E-state index contributed by atoms with van der Waals surface area (Å²) in [5.74, 6) is 0. The van der Waals surface area contributed by atoms with Crippen LogP contribution in [0.3, 0.4) is 0 Å². The molecule has 0 aromatic carbocycles. The molecule has 0 spiro atoms. The highest BCUT2D eigenvalue weighted by atomic mass is 16.5. The van der Waals surface area contributed by atoms with E-state index in [1.165, 1.54) is 32.1 Å². The Hall–Kier alpha value is -0.340. The molecule has 0 aliphatic carbocycles. The molecule has 0 heterocycles. The molecule has 1 N–H and O–H groups in total. The van der Waals surface area contributed by atoms with Gasteiger partial charge in [-0.3, -0.25) is 0 Å². The van der Waals surface area contributed by atoms with Crippen molar-refractivity contribution < 1.29 is 4.74 Å². The Kier molecular flexibility index (Phi) is 12.5. The average molecular weight is 227 g/mol. The van der Waals surface area contributed by atoms with E-state index in [1.807, 2.05) is 0 Å². The van der Waals surface area contributed by atoms with Gasteiger partial charge in [-0.05, 0) is 32.7 Å². The summed E-state index contributed by atoms with van der Waals surface area (Å²) in [5.41, 5.74) is 1.55. The number of methoxy groups -OCH3 is 1. The molecular weight excluding hydrogens is 198 g/mol. The van der Waals surface area contributed by atoms with Gasteiger partial charge in [0.25, 0.3) is 0 Å². The molecule has 2 heteroatoms. The van der Waals surface area contributed by atoms with E-state index in [9.17, 15) is 0 Å². The Bertz CT molecular complexity index is 166. The summed E-state index contributed by atoms with van der Waals surface area (Å²) < 4.78 is 4.97. The Labute approximate surface area is 101 Å². The minimum atomic E-state index is 0.805. The van der Waals surface area contributed by atoms with Gasteiger partial charge in [-0.1, -0.05) is 37.8 Å². The van der Waals surface area contributed by atoms with E-state index < -0.39 is 0 Å². The highest BCUT2D eigenvalue weighted by Crippen LogP contribution is 2.09. The molecular formula is C14H29NO. The van der Waals surface area contributed by atoms with Crippen molar-refractivity contribution in [3.8, 4) is 0 Å². The van der Waals surface area contributed by atoms with Crippen molar-refractivity contribution in [3.63, 3.8) is 0 Å². The summed E-state index contributed by atoms with van der Waals surface area (Å²) in [7, 11) is 1.74. The molecule has 0 aromatic rings. The summed E-state index contributed by atoms with van der Waals surface area (Å²) in [6.07, 6.45) is 10.2. The summed E-state index contributed by atoms with van der Waals surface area (Å²) in [6.45, 7) is 7.34. The van der Waals surface area contributed by atoms with Crippen LogP contribution in [0.25, 0.3) is 0 Å². The van der Waals surface area contributed by atoms with Crippen molar-refractivity contribution in [1.82, 2.24) is 5.32 Å². The van der Waals surface area contributed by atoms with Gasteiger partial charge >= 0.3 is 0 Å². The number of nitrogens with one attached hydrogen (secondary N) is 1. The van der Waals surface area contributed by atoms with Gasteiger partial charge in [-0.2, -0.15) is 0 Å². The summed E-state index contributed by atoms with van der Waals surface area (Å²) in [6, 6.07) is 0. The molecule has 0 saturated carbocycles. The quantitative estimate of drug-likeness (QED) is 0.431. The molecule has 2 nitrogen and oxygen atoms in total. The van der Waals surface area contributed by atoms with Gasteiger partial charge in [0.2, 0.25) is 0 Å². The van der Waals surface area contributed by atoms with Crippen LogP contribution in [-0.4, -0.2) is 26.8 Å². The van der Waals surface area contributed by atoms with Crippen molar-refractivity contribution in [1.29, 1.82) is 0 Å². The molecule has 0 aliphatic heterocycles. The predicted molar refractivity (Wildman–Crippen MR) is 71.9 cm³/mol. The molecule has 0 aromatic heterocycles. The second kappa shape index (κ2) is 12.7. The first kappa shape index (κ1) is 15.7. The standard InChI is InChI=1S/C14H29NO/c1-4-5-6-7-9-14(2)10-8-11-15-12-13-16-3/h10,15H,4-9,11-13H2,1-3H3. The van der Waals surface area contributed by atoms with Crippen molar-refractivity contribution >= 4 is 0 Å². The minimum Gasteiger partial charge on any atom is -0.383 e. The van der Waals surface area contributed by atoms with E-state index in [0.717, 1.165) is 26.1 Å². The summed E-state index contributed by atoms with van der Waals surface area (Å²) >= 11 is 0. The van der Waals surface area contributed by atoms with E-state index in [0.29, 0.717) is 0 Å². The molecule has 0 radical (unpaired) electrons.